The minimum absolute atomic E-state index is 0.164. The van der Waals surface area contributed by atoms with Crippen LogP contribution in [0.2, 0.25) is 0 Å². The smallest absolute Gasteiger partial charge is 0.221 e. The molecule has 20 heavy (non-hydrogen) atoms. The van der Waals surface area contributed by atoms with E-state index >= 15 is 0 Å². The molecule has 2 aliphatic carbocycles. The van der Waals surface area contributed by atoms with E-state index in [1.54, 1.807) is 0 Å². The van der Waals surface area contributed by atoms with Crippen molar-refractivity contribution in [1.29, 1.82) is 5.26 Å². The highest BCUT2D eigenvalue weighted by Crippen LogP contribution is 2.38. The number of hydrogen-bond donors (Lipinski definition) is 1. The summed E-state index contributed by atoms with van der Waals surface area (Å²) < 4.78 is 0. The Morgan fingerprint density at radius 3 is 2.55 bits per heavy atom. The van der Waals surface area contributed by atoms with E-state index < -0.39 is 0 Å². The van der Waals surface area contributed by atoms with Crippen molar-refractivity contribution in [2.24, 2.45) is 0 Å². The third kappa shape index (κ3) is 2.50. The standard InChI is InChI=1S/C17H18N2O/c1-10(2)13-6-5-11(3)17-14(7-13)8-16(15(17)9-18)19-12(4)20/h5-8,10H,1-4H3,(H,19,20). The van der Waals surface area contributed by atoms with Gasteiger partial charge in [0.15, 0.2) is 0 Å². The van der Waals surface area contributed by atoms with Crippen LogP contribution in [0.25, 0.3) is 11.1 Å². The number of hydrogen-bond acceptors (Lipinski definition) is 2. The third-order valence-electron chi connectivity index (χ3n) is 3.44. The van der Waals surface area contributed by atoms with Crippen molar-refractivity contribution in [3.05, 3.63) is 41.0 Å². The highest BCUT2D eigenvalue weighted by molar-refractivity contribution is 5.96. The predicted octanol–water partition coefficient (Wildman–Crippen LogP) is 4.05. The summed E-state index contributed by atoms with van der Waals surface area (Å²) in [7, 11) is 0. The molecule has 102 valence electrons. The number of fused-ring (bicyclic) bond motifs is 1. The Morgan fingerprint density at radius 1 is 1.30 bits per heavy atom. The molecule has 0 aromatic rings. The van der Waals surface area contributed by atoms with Gasteiger partial charge in [-0.25, -0.2) is 0 Å². The van der Waals surface area contributed by atoms with E-state index in [0.29, 0.717) is 17.2 Å². The van der Waals surface area contributed by atoms with Crippen LogP contribution in [0.5, 0.6) is 0 Å². The zero-order chi connectivity index (χ0) is 14.9. The van der Waals surface area contributed by atoms with Gasteiger partial charge in [-0.1, -0.05) is 32.0 Å². The molecule has 3 nitrogen and oxygen atoms in total. The summed E-state index contributed by atoms with van der Waals surface area (Å²) in [6.45, 7) is 7.72. The zero-order valence-corrected chi connectivity index (χ0v) is 12.2. The van der Waals surface area contributed by atoms with Crippen molar-refractivity contribution in [2.45, 2.75) is 33.6 Å². The highest BCUT2D eigenvalue weighted by atomic mass is 16.1. The number of nitrogens with one attached hydrogen (secondary N) is 1. The Balaban J connectivity index is 2.73. The van der Waals surface area contributed by atoms with Gasteiger partial charge in [0.2, 0.25) is 5.91 Å². The first-order chi connectivity index (χ1) is 9.43. The molecule has 2 aliphatic rings. The van der Waals surface area contributed by atoms with E-state index in [1.807, 2.05) is 19.1 Å². The summed E-state index contributed by atoms with van der Waals surface area (Å²) in [5.41, 5.74) is 5.31. The van der Waals surface area contributed by atoms with Gasteiger partial charge in [-0.2, -0.15) is 5.26 Å². The normalized spacial score (nSPS) is 10.6. The Morgan fingerprint density at radius 2 is 2.00 bits per heavy atom. The summed E-state index contributed by atoms with van der Waals surface area (Å²) in [5.74, 6) is 0.248. The van der Waals surface area contributed by atoms with Crippen LogP contribution < -0.4 is 5.32 Å². The Hall–Kier alpha value is -2.34. The number of nitrogens with zero attached hydrogens (tertiary/aromatic N) is 1. The summed E-state index contributed by atoms with van der Waals surface area (Å²) >= 11 is 0. The molecule has 0 aromatic heterocycles. The number of carbonyl (C=O) groups is 1. The summed E-state index contributed by atoms with van der Waals surface area (Å²) in [4.78, 5) is 11.3. The lowest BCUT2D eigenvalue weighted by Gasteiger charge is -2.01. The fourth-order valence-electron chi connectivity index (χ4n) is 2.41. The first kappa shape index (κ1) is 14.1. The molecule has 0 spiro atoms. The maximum absolute atomic E-state index is 11.3. The SMILES string of the molecule is CC(=O)Nc1cc2cc(C(C)C)ccc(C)c-2c1C#N. The molecule has 0 saturated carbocycles. The maximum Gasteiger partial charge on any atom is 0.221 e. The van der Waals surface area contributed by atoms with Crippen LogP contribution in [-0.2, 0) is 4.79 Å². The second kappa shape index (κ2) is 5.34. The van der Waals surface area contributed by atoms with Gasteiger partial charge in [0.25, 0.3) is 0 Å². The van der Waals surface area contributed by atoms with Gasteiger partial charge in [0.05, 0.1) is 11.3 Å². The van der Waals surface area contributed by atoms with Crippen molar-refractivity contribution >= 4 is 11.6 Å². The van der Waals surface area contributed by atoms with Crippen molar-refractivity contribution in [3.8, 4) is 17.2 Å². The van der Waals surface area contributed by atoms with Crippen molar-refractivity contribution in [3.63, 3.8) is 0 Å². The van der Waals surface area contributed by atoms with Crippen LogP contribution in [0.15, 0.2) is 24.3 Å². The average molecular weight is 266 g/mol. The summed E-state index contributed by atoms with van der Waals surface area (Å²) in [6, 6.07) is 10.3. The molecule has 1 amide bonds. The molecule has 0 aliphatic heterocycles. The topological polar surface area (TPSA) is 52.9 Å². The molecule has 0 heterocycles. The third-order valence-corrected chi connectivity index (χ3v) is 3.44. The van der Waals surface area contributed by atoms with Gasteiger partial charge in [-0.05, 0) is 35.6 Å². The Kier molecular flexibility index (Phi) is 3.76. The fourth-order valence-corrected chi connectivity index (χ4v) is 2.41. The van der Waals surface area contributed by atoms with Crippen molar-refractivity contribution < 1.29 is 4.79 Å². The second-order valence-electron chi connectivity index (χ2n) is 5.37. The average Bonchev–Trinajstić information content (AvgIpc) is 2.61. The fraction of sp³-hybridized carbons (Fsp3) is 0.294. The molecule has 1 N–H and O–H groups in total. The van der Waals surface area contributed by atoms with E-state index in [4.69, 9.17) is 0 Å². The lowest BCUT2D eigenvalue weighted by Crippen LogP contribution is -2.05. The Labute approximate surface area is 119 Å². The minimum Gasteiger partial charge on any atom is -0.325 e. The maximum atomic E-state index is 11.3. The van der Waals surface area contributed by atoms with E-state index in [-0.39, 0.29) is 5.91 Å². The molecule has 0 bridgehead atoms. The molecular formula is C17H18N2O. The second-order valence-corrected chi connectivity index (χ2v) is 5.37. The molecule has 0 saturated heterocycles. The molecule has 0 atom stereocenters. The number of aryl methyl sites for hydroxylation is 1. The van der Waals surface area contributed by atoms with Gasteiger partial charge < -0.3 is 5.32 Å². The first-order valence-corrected chi connectivity index (χ1v) is 6.69. The van der Waals surface area contributed by atoms with E-state index in [1.165, 1.54) is 12.5 Å². The molecule has 2 rings (SSSR count). The lowest BCUT2D eigenvalue weighted by atomic mass is 10.0. The molecule has 3 heteroatoms. The summed E-state index contributed by atoms with van der Waals surface area (Å²) in [6.07, 6.45) is 0. The van der Waals surface area contributed by atoms with Crippen molar-refractivity contribution in [1.82, 2.24) is 0 Å². The quantitative estimate of drug-likeness (QED) is 0.891. The van der Waals surface area contributed by atoms with E-state index in [9.17, 15) is 10.1 Å². The first-order valence-electron chi connectivity index (χ1n) is 6.69. The van der Waals surface area contributed by atoms with Crippen LogP contribution in [0.3, 0.4) is 0 Å². The van der Waals surface area contributed by atoms with Crippen LogP contribution in [0.1, 0.15) is 43.4 Å². The monoisotopic (exact) mass is 266 g/mol. The van der Waals surface area contributed by atoms with Gasteiger partial charge in [-0.3, -0.25) is 4.79 Å². The predicted molar refractivity (Wildman–Crippen MR) is 80.9 cm³/mol. The molecule has 0 aromatic carbocycles. The van der Waals surface area contributed by atoms with Crippen molar-refractivity contribution in [2.75, 3.05) is 5.32 Å². The lowest BCUT2D eigenvalue weighted by molar-refractivity contribution is -0.114. The van der Waals surface area contributed by atoms with Crippen LogP contribution >= 0.6 is 0 Å². The molecule has 0 radical (unpaired) electrons. The van der Waals surface area contributed by atoms with Crippen LogP contribution in [-0.4, -0.2) is 5.91 Å². The van der Waals surface area contributed by atoms with Crippen LogP contribution in [0, 0.1) is 18.3 Å². The van der Waals surface area contributed by atoms with E-state index in [2.05, 4.69) is 37.4 Å². The molecule has 0 fully saturated rings. The van der Waals surface area contributed by atoms with Crippen LogP contribution in [0.4, 0.5) is 5.69 Å². The van der Waals surface area contributed by atoms with E-state index in [0.717, 1.165) is 16.7 Å². The minimum atomic E-state index is -0.164. The Bertz CT molecular complexity index is 680. The number of rotatable bonds is 2. The largest absolute Gasteiger partial charge is 0.325 e. The number of carbonyl (C=O) groups excluding carboxylic acids is 1. The van der Waals surface area contributed by atoms with Gasteiger partial charge in [0.1, 0.15) is 6.07 Å². The summed E-state index contributed by atoms with van der Waals surface area (Å²) in [5, 5.41) is 12.1. The molecule has 0 unspecified atom stereocenters. The number of anilines is 1. The van der Waals surface area contributed by atoms with Gasteiger partial charge >= 0.3 is 0 Å². The van der Waals surface area contributed by atoms with Gasteiger partial charge in [0, 0.05) is 12.5 Å². The molecular weight excluding hydrogens is 248 g/mol. The number of amides is 1. The van der Waals surface area contributed by atoms with Gasteiger partial charge in [-0.15, -0.1) is 0 Å². The highest BCUT2D eigenvalue weighted by Gasteiger charge is 2.18. The zero-order valence-electron chi connectivity index (χ0n) is 12.2. The number of nitriles is 1.